The summed E-state index contributed by atoms with van der Waals surface area (Å²) in [6.45, 7) is 2.09. The van der Waals surface area contributed by atoms with Crippen molar-refractivity contribution in [1.29, 1.82) is 0 Å². The molecule has 2 aliphatic rings. The van der Waals surface area contributed by atoms with E-state index in [1.165, 1.54) is 11.1 Å². The zero-order valence-electron chi connectivity index (χ0n) is 17.4. The van der Waals surface area contributed by atoms with Gasteiger partial charge in [-0.2, -0.15) is 0 Å². The normalized spacial score (nSPS) is 20.4. The van der Waals surface area contributed by atoms with Gasteiger partial charge in [-0.05, 0) is 42.5 Å². The molecule has 2 atom stereocenters. The highest BCUT2D eigenvalue weighted by molar-refractivity contribution is 6.01. The van der Waals surface area contributed by atoms with Gasteiger partial charge in [-0.25, -0.2) is 4.98 Å². The number of ketones is 1. The summed E-state index contributed by atoms with van der Waals surface area (Å²) >= 11 is 0. The number of imidazole rings is 1. The lowest BCUT2D eigenvalue weighted by atomic mass is 9.77. The van der Waals surface area contributed by atoms with E-state index in [1.54, 1.807) is 0 Å². The van der Waals surface area contributed by atoms with Crippen LogP contribution in [-0.2, 0) is 4.79 Å². The van der Waals surface area contributed by atoms with Crippen LogP contribution in [0, 0.1) is 6.92 Å². The SMILES string of the molecule is Cc1ccc([C@H]2C3=C(C[C@@H](c4ccccc4)CC3=O)Nc3nc4ccccc4n32)cc1. The molecule has 1 N–H and O–H groups in total. The lowest BCUT2D eigenvalue weighted by Crippen LogP contribution is -2.33. The third-order valence-corrected chi connectivity index (χ3v) is 6.56. The molecule has 152 valence electrons. The quantitative estimate of drug-likeness (QED) is 0.461. The van der Waals surface area contributed by atoms with Crippen molar-refractivity contribution >= 4 is 22.8 Å². The van der Waals surface area contributed by atoms with Crippen LogP contribution in [0.25, 0.3) is 11.0 Å². The number of carbonyl (C=O) groups excluding carboxylic acids is 1. The van der Waals surface area contributed by atoms with E-state index in [0.717, 1.165) is 40.2 Å². The molecule has 0 bridgehead atoms. The fraction of sp³-hybridized carbons (Fsp3) is 0.185. The molecule has 0 fully saturated rings. The van der Waals surface area contributed by atoms with Gasteiger partial charge in [0.05, 0.1) is 17.1 Å². The fourth-order valence-electron chi connectivity index (χ4n) is 5.05. The minimum absolute atomic E-state index is 0.163. The van der Waals surface area contributed by atoms with Crippen LogP contribution in [0.15, 0.2) is 90.1 Å². The van der Waals surface area contributed by atoms with E-state index in [-0.39, 0.29) is 17.7 Å². The van der Waals surface area contributed by atoms with Crippen molar-refractivity contribution in [2.24, 2.45) is 0 Å². The number of anilines is 1. The number of nitrogens with zero attached hydrogens (tertiary/aromatic N) is 2. The van der Waals surface area contributed by atoms with Gasteiger partial charge in [-0.15, -0.1) is 0 Å². The number of allylic oxidation sites excluding steroid dienone is 2. The molecule has 0 amide bonds. The number of carbonyl (C=O) groups is 1. The Bertz CT molecular complexity index is 1330. The lowest BCUT2D eigenvalue weighted by molar-refractivity contribution is -0.116. The van der Waals surface area contributed by atoms with Crippen molar-refractivity contribution in [2.45, 2.75) is 31.7 Å². The van der Waals surface area contributed by atoms with E-state index >= 15 is 0 Å². The highest BCUT2D eigenvalue weighted by atomic mass is 16.1. The van der Waals surface area contributed by atoms with E-state index in [9.17, 15) is 4.79 Å². The fourth-order valence-corrected chi connectivity index (χ4v) is 5.05. The van der Waals surface area contributed by atoms with Crippen LogP contribution in [-0.4, -0.2) is 15.3 Å². The number of Topliss-reactive ketones (excluding diaryl/α,β-unsaturated/α-hetero) is 1. The number of nitrogens with one attached hydrogen (secondary N) is 1. The molecule has 3 aromatic carbocycles. The van der Waals surface area contributed by atoms with E-state index in [0.29, 0.717) is 6.42 Å². The molecule has 1 aliphatic carbocycles. The maximum atomic E-state index is 13.6. The van der Waals surface area contributed by atoms with Crippen molar-refractivity contribution in [1.82, 2.24) is 9.55 Å². The zero-order chi connectivity index (χ0) is 20.9. The summed E-state index contributed by atoms with van der Waals surface area (Å²) in [5.74, 6) is 1.22. The van der Waals surface area contributed by atoms with Crippen molar-refractivity contribution in [3.05, 3.63) is 107 Å². The molecule has 4 nitrogen and oxygen atoms in total. The Morgan fingerprint density at radius 1 is 0.871 bits per heavy atom. The first-order chi connectivity index (χ1) is 15.2. The van der Waals surface area contributed by atoms with Crippen molar-refractivity contribution < 1.29 is 4.79 Å². The second kappa shape index (κ2) is 6.95. The maximum Gasteiger partial charge on any atom is 0.209 e. The van der Waals surface area contributed by atoms with Gasteiger partial charge in [0.15, 0.2) is 5.78 Å². The number of aromatic nitrogens is 2. The van der Waals surface area contributed by atoms with Crippen molar-refractivity contribution in [3.8, 4) is 0 Å². The molecule has 4 aromatic rings. The van der Waals surface area contributed by atoms with Crippen LogP contribution in [0.5, 0.6) is 0 Å². The van der Waals surface area contributed by atoms with E-state index in [2.05, 4.69) is 59.3 Å². The van der Waals surface area contributed by atoms with E-state index in [1.807, 2.05) is 36.4 Å². The van der Waals surface area contributed by atoms with Gasteiger partial charge in [-0.1, -0.05) is 72.3 Å². The van der Waals surface area contributed by atoms with Gasteiger partial charge < -0.3 is 5.32 Å². The summed E-state index contributed by atoms with van der Waals surface area (Å²) in [6, 6.07) is 26.9. The maximum absolute atomic E-state index is 13.6. The molecule has 0 radical (unpaired) electrons. The average molecular weight is 406 g/mol. The lowest BCUT2D eigenvalue weighted by Gasteiger charge is -2.36. The van der Waals surface area contributed by atoms with E-state index < -0.39 is 0 Å². The topological polar surface area (TPSA) is 46.9 Å². The van der Waals surface area contributed by atoms with Crippen LogP contribution < -0.4 is 5.32 Å². The highest BCUT2D eigenvalue weighted by Crippen LogP contribution is 2.45. The number of para-hydroxylation sites is 2. The number of hydrogen-bond donors (Lipinski definition) is 1. The van der Waals surface area contributed by atoms with Crippen LogP contribution in [0.3, 0.4) is 0 Å². The molecular weight excluding hydrogens is 382 g/mol. The smallest absolute Gasteiger partial charge is 0.209 e. The molecule has 6 rings (SSSR count). The Labute approximate surface area is 181 Å². The molecule has 31 heavy (non-hydrogen) atoms. The van der Waals surface area contributed by atoms with Crippen LogP contribution in [0.2, 0.25) is 0 Å². The molecule has 0 spiro atoms. The Balaban J connectivity index is 1.54. The minimum Gasteiger partial charge on any atom is -0.329 e. The monoisotopic (exact) mass is 405 g/mol. The first-order valence-corrected chi connectivity index (χ1v) is 10.8. The summed E-state index contributed by atoms with van der Waals surface area (Å²) < 4.78 is 2.19. The Morgan fingerprint density at radius 3 is 2.42 bits per heavy atom. The molecule has 4 heteroatoms. The van der Waals surface area contributed by atoms with Gasteiger partial charge in [0.25, 0.3) is 0 Å². The summed E-state index contributed by atoms with van der Waals surface area (Å²) in [5.41, 5.74) is 7.42. The molecule has 1 aliphatic heterocycles. The number of aryl methyl sites for hydroxylation is 1. The van der Waals surface area contributed by atoms with Gasteiger partial charge in [0.1, 0.15) is 0 Å². The summed E-state index contributed by atoms with van der Waals surface area (Å²) in [4.78, 5) is 18.5. The first-order valence-electron chi connectivity index (χ1n) is 10.8. The van der Waals surface area contributed by atoms with Gasteiger partial charge in [-0.3, -0.25) is 9.36 Å². The minimum atomic E-state index is -0.163. The van der Waals surface area contributed by atoms with Gasteiger partial charge in [0.2, 0.25) is 5.95 Å². The molecule has 2 heterocycles. The number of rotatable bonds is 2. The van der Waals surface area contributed by atoms with Crippen LogP contribution in [0.1, 0.15) is 41.5 Å². The second-order valence-electron chi connectivity index (χ2n) is 8.56. The Morgan fingerprint density at radius 2 is 1.61 bits per heavy atom. The summed E-state index contributed by atoms with van der Waals surface area (Å²) in [6.07, 6.45) is 1.35. The predicted molar refractivity (Wildman–Crippen MR) is 123 cm³/mol. The third-order valence-electron chi connectivity index (χ3n) is 6.56. The second-order valence-corrected chi connectivity index (χ2v) is 8.56. The first kappa shape index (κ1) is 18.1. The largest absolute Gasteiger partial charge is 0.329 e. The van der Waals surface area contributed by atoms with Crippen LogP contribution in [0.4, 0.5) is 5.95 Å². The van der Waals surface area contributed by atoms with Crippen molar-refractivity contribution in [2.75, 3.05) is 5.32 Å². The predicted octanol–water partition coefficient (Wildman–Crippen LogP) is 5.76. The molecule has 0 saturated heterocycles. The van der Waals surface area contributed by atoms with Crippen molar-refractivity contribution in [3.63, 3.8) is 0 Å². The average Bonchev–Trinajstić information content (AvgIpc) is 3.17. The Kier molecular flexibility index (Phi) is 4.06. The van der Waals surface area contributed by atoms with Gasteiger partial charge >= 0.3 is 0 Å². The highest BCUT2D eigenvalue weighted by Gasteiger charge is 2.39. The number of fused-ring (bicyclic) bond motifs is 3. The molecule has 1 aromatic heterocycles. The molecular formula is C27H23N3O. The Hall–Kier alpha value is -3.66. The molecule has 0 saturated carbocycles. The third kappa shape index (κ3) is 2.90. The standard InChI is InChI=1S/C27H23N3O/c1-17-11-13-19(14-12-17)26-25-22(15-20(16-24(25)31)18-7-3-2-4-8-18)29-27-28-21-9-5-6-10-23(21)30(26)27/h2-14,20,26H,15-16H2,1H3,(H,28,29)/t20-,26+/m1/s1. The number of benzene rings is 3. The summed E-state index contributed by atoms with van der Waals surface area (Å²) in [7, 11) is 0. The molecule has 0 unspecified atom stereocenters. The van der Waals surface area contributed by atoms with E-state index in [4.69, 9.17) is 4.98 Å². The zero-order valence-corrected chi connectivity index (χ0v) is 17.4. The summed E-state index contributed by atoms with van der Waals surface area (Å²) in [5, 5.41) is 3.54. The number of hydrogen-bond acceptors (Lipinski definition) is 3. The van der Waals surface area contributed by atoms with Crippen LogP contribution >= 0.6 is 0 Å². The van der Waals surface area contributed by atoms with Gasteiger partial charge in [0, 0.05) is 17.7 Å².